The average molecular weight is 264 g/mol. The van der Waals surface area contributed by atoms with E-state index < -0.39 is 23.5 Å². The Kier molecular flexibility index (Phi) is 4.53. The van der Waals surface area contributed by atoms with Gasteiger partial charge < -0.3 is 15.4 Å². The first-order valence-electron chi connectivity index (χ1n) is 6.16. The molecular formula is C12H22F2N2O2. The summed E-state index contributed by atoms with van der Waals surface area (Å²) in [6, 6.07) is 0. The fraction of sp³-hybridized carbons (Fsp3) is 0.917. The van der Waals surface area contributed by atoms with E-state index in [4.69, 9.17) is 10.5 Å². The van der Waals surface area contributed by atoms with Crippen molar-refractivity contribution >= 4 is 6.09 Å². The molecule has 0 bridgehead atoms. The van der Waals surface area contributed by atoms with Gasteiger partial charge in [0.15, 0.2) is 0 Å². The predicted molar refractivity (Wildman–Crippen MR) is 64.5 cm³/mol. The summed E-state index contributed by atoms with van der Waals surface area (Å²) < 4.78 is 31.4. The first-order valence-corrected chi connectivity index (χ1v) is 6.16. The lowest BCUT2D eigenvalue weighted by atomic mass is 9.80. The largest absolute Gasteiger partial charge is 0.444 e. The maximum absolute atomic E-state index is 13.1. The summed E-state index contributed by atoms with van der Waals surface area (Å²) in [6.45, 7) is 5.54. The first kappa shape index (κ1) is 15.1. The van der Waals surface area contributed by atoms with E-state index in [0.29, 0.717) is 19.4 Å². The van der Waals surface area contributed by atoms with Crippen LogP contribution in [0.1, 0.15) is 33.6 Å². The number of alkyl halides is 2. The number of carbonyl (C=O) groups excluding carboxylic acids is 1. The molecule has 1 amide bonds. The number of rotatable bonds is 2. The molecule has 0 aromatic rings. The topological polar surface area (TPSA) is 55.6 Å². The van der Waals surface area contributed by atoms with Crippen molar-refractivity contribution in [3.8, 4) is 0 Å². The Morgan fingerprint density at radius 2 is 2.11 bits per heavy atom. The van der Waals surface area contributed by atoms with Gasteiger partial charge in [-0.2, -0.15) is 0 Å². The number of hydrogen-bond acceptors (Lipinski definition) is 3. The third kappa shape index (κ3) is 3.54. The van der Waals surface area contributed by atoms with E-state index in [-0.39, 0.29) is 13.1 Å². The first-order chi connectivity index (χ1) is 8.20. The monoisotopic (exact) mass is 264 g/mol. The molecule has 1 rings (SSSR count). The third-order valence-corrected chi connectivity index (χ3v) is 3.13. The number of amides is 1. The van der Waals surface area contributed by atoms with Crippen molar-refractivity contribution in [2.24, 2.45) is 11.1 Å². The van der Waals surface area contributed by atoms with Gasteiger partial charge >= 0.3 is 6.09 Å². The Bertz CT molecular complexity index is 305. The Morgan fingerprint density at radius 1 is 1.50 bits per heavy atom. The van der Waals surface area contributed by atoms with Crippen LogP contribution in [0.2, 0.25) is 0 Å². The molecule has 2 N–H and O–H groups in total. The van der Waals surface area contributed by atoms with Gasteiger partial charge in [-0.15, -0.1) is 0 Å². The molecule has 0 aliphatic carbocycles. The molecule has 6 heteroatoms. The molecule has 1 saturated heterocycles. The zero-order valence-electron chi connectivity index (χ0n) is 11.2. The van der Waals surface area contributed by atoms with Crippen LogP contribution in [-0.2, 0) is 4.74 Å². The van der Waals surface area contributed by atoms with E-state index in [1.807, 2.05) is 0 Å². The molecule has 1 fully saturated rings. The molecule has 1 unspecified atom stereocenters. The summed E-state index contributed by atoms with van der Waals surface area (Å²) in [5.41, 5.74) is 3.57. The molecule has 1 aliphatic heterocycles. The lowest BCUT2D eigenvalue weighted by molar-refractivity contribution is -0.0544. The SMILES string of the molecule is CC(C)(C)OC(=O)N1CCCC(CN)(C(F)F)C1. The highest BCUT2D eigenvalue weighted by Gasteiger charge is 2.44. The van der Waals surface area contributed by atoms with E-state index >= 15 is 0 Å². The fourth-order valence-corrected chi connectivity index (χ4v) is 2.08. The van der Waals surface area contributed by atoms with Crippen LogP contribution >= 0.6 is 0 Å². The van der Waals surface area contributed by atoms with Crippen LogP contribution in [-0.4, -0.2) is 42.7 Å². The molecule has 1 heterocycles. The Morgan fingerprint density at radius 3 is 2.56 bits per heavy atom. The summed E-state index contributed by atoms with van der Waals surface area (Å²) >= 11 is 0. The van der Waals surface area contributed by atoms with Gasteiger partial charge in [0.2, 0.25) is 6.43 Å². The highest BCUT2D eigenvalue weighted by atomic mass is 19.3. The fourth-order valence-electron chi connectivity index (χ4n) is 2.08. The number of nitrogens with zero attached hydrogens (tertiary/aromatic N) is 1. The number of carbonyl (C=O) groups is 1. The second-order valence-corrected chi connectivity index (χ2v) is 5.87. The molecular weight excluding hydrogens is 242 g/mol. The standard InChI is InChI=1S/C12H22F2N2O2/c1-11(2,3)18-10(17)16-6-4-5-12(7-15,8-16)9(13)14/h9H,4-8,15H2,1-3H3. The molecule has 0 saturated carbocycles. The van der Waals surface area contributed by atoms with Gasteiger partial charge in [-0.3, -0.25) is 0 Å². The number of likely N-dealkylation sites (tertiary alicyclic amines) is 1. The van der Waals surface area contributed by atoms with Crippen LogP contribution in [0.4, 0.5) is 13.6 Å². The maximum Gasteiger partial charge on any atom is 0.410 e. The van der Waals surface area contributed by atoms with E-state index in [0.717, 1.165) is 0 Å². The highest BCUT2D eigenvalue weighted by molar-refractivity contribution is 5.68. The summed E-state index contributed by atoms with van der Waals surface area (Å²) in [5, 5.41) is 0. The van der Waals surface area contributed by atoms with Crippen LogP contribution in [0.15, 0.2) is 0 Å². The van der Waals surface area contributed by atoms with Gasteiger partial charge in [0.1, 0.15) is 5.60 Å². The molecule has 106 valence electrons. The van der Waals surface area contributed by atoms with Gasteiger partial charge in [-0.1, -0.05) is 0 Å². The second kappa shape index (κ2) is 5.38. The summed E-state index contributed by atoms with van der Waals surface area (Å²) in [7, 11) is 0. The summed E-state index contributed by atoms with van der Waals surface area (Å²) in [4.78, 5) is 13.2. The average Bonchev–Trinajstić information content (AvgIpc) is 2.26. The summed E-state index contributed by atoms with van der Waals surface area (Å²) in [5.74, 6) is 0. The maximum atomic E-state index is 13.1. The molecule has 0 spiro atoms. The Balaban J connectivity index is 2.72. The smallest absolute Gasteiger partial charge is 0.410 e. The lowest BCUT2D eigenvalue weighted by Crippen LogP contribution is -2.53. The molecule has 18 heavy (non-hydrogen) atoms. The minimum Gasteiger partial charge on any atom is -0.444 e. The molecule has 0 aromatic heterocycles. The molecule has 0 radical (unpaired) electrons. The van der Waals surface area contributed by atoms with Crippen LogP contribution in [0.5, 0.6) is 0 Å². The number of piperidine rings is 1. The minimum atomic E-state index is -2.52. The van der Waals surface area contributed by atoms with Crippen molar-refractivity contribution in [1.29, 1.82) is 0 Å². The predicted octanol–water partition coefficient (Wildman–Crippen LogP) is 2.23. The van der Waals surface area contributed by atoms with Crippen molar-refractivity contribution < 1.29 is 18.3 Å². The van der Waals surface area contributed by atoms with Crippen LogP contribution in [0.25, 0.3) is 0 Å². The molecule has 4 nitrogen and oxygen atoms in total. The van der Waals surface area contributed by atoms with Gasteiger partial charge in [0, 0.05) is 19.6 Å². The number of ether oxygens (including phenoxy) is 1. The van der Waals surface area contributed by atoms with Crippen molar-refractivity contribution in [2.45, 2.75) is 45.6 Å². The minimum absolute atomic E-state index is 0.0317. The van der Waals surface area contributed by atoms with Crippen LogP contribution in [0.3, 0.4) is 0 Å². The van der Waals surface area contributed by atoms with Crippen molar-refractivity contribution in [3.63, 3.8) is 0 Å². The quantitative estimate of drug-likeness (QED) is 0.832. The van der Waals surface area contributed by atoms with Crippen molar-refractivity contribution in [3.05, 3.63) is 0 Å². The zero-order chi connectivity index (χ0) is 14.0. The molecule has 1 atom stereocenters. The number of halogens is 2. The highest BCUT2D eigenvalue weighted by Crippen LogP contribution is 2.35. The normalized spacial score (nSPS) is 25.4. The zero-order valence-corrected chi connectivity index (χ0v) is 11.2. The van der Waals surface area contributed by atoms with Gasteiger partial charge in [0.05, 0.1) is 5.41 Å². The van der Waals surface area contributed by atoms with Crippen molar-refractivity contribution in [1.82, 2.24) is 4.90 Å². The van der Waals surface area contributed by atoms with Gasteiger partial charge in [0.25, 0.3) is 0 Å². The van der Waals surface area contributed by atoms with Crippen LogP contribution in [0, 0.1) is 5.41 Å². The molecule has 0 aromatic carbocycles. The number of nitrogens with two attached hydrogens (primary N) is 1. The Labute approximate surface area is 106 Å². The van der Waals surface area contributed by atoms with E-state index in [2.05, 4.69) is 0 Å². The van der Waals surface area contributed by atoms with E-state index in [9.17, 15) is 13.6 Å². The second-order valence-electron chi connectivity index (χ2n) is 5.87. The lowest BCUT2D eigenvalue weighted by Gasteiger charge is -2.41. The number of hydrogen-bond donors (Lipinski definition) is 1. The van der Waals surface area contributed by atoms with E-state index in [1.165, 1.54) is 4.90 Å². The summed E-state index contributed by atoms with van der Waals surface area (Å²) in [6.07, 6.45) is -2.19. The van der Waals surface area contributed by atoms with Gasteiger partial charge in [-0.25, -0.2) is 13.6 Å². The Hall–Kier alpha value is -0.910. The van der Waals surface area contributed by atoms with Crippen molar-refractivity contribution in [2.75, 3.05) is 19.6 Å². The van der Waals surface area contributed by atoms with E-state index in [1.54, 1.807) is 20.8 Å². The van der Waals surface area contributed by atoms with Gasteiger partial charge in [-0.05, 0) is 33.6 Å². The van der Waals surface area contributed by atoms with Crippen LogP contribution < -0.4 is 5.73 Å². The molecule has 1 aliphatic rings. The third-order valence-electron chi connectivity index (χ3n) is 3.13.